The van der Waals surface area contributed by atoms with Gasteiger partial charge in [-0.2, -0.15) is 0 Å². The summed E-state index contributed by atoms with van der Waals surface area (Å²) in [5.41, 5.74) is 3.82. The molecule has 3 aromatic rings. The Bertz CT molecular complexity index is 976. The summed E-state index contributed by atoms with van der Waals surface area (Å²) in [6.45, 7) is 5.95. The van der Waals surface area contributed by atoms with Gasteiger partial charge in [0.1, 0.15) is 12.5 Å². The number of furan rings is 1. The molecule has 0 fully saturated rings. The zero-order chi connectivity index (χ0) is 18.1. The van der Waals surface area contributed by atoms with E-state index in [4.69, 9.17) is 9.15 Å². The van der Waals surface area contributed by atoms with Crippen LogP contribution < -0.4 is 10.3 Å². The molecule has 3 heterocycles. The largest absolute Gasteiger partial charge is 0.478 e. The fourth-order valence-corrected chi connectivity index (χ4v) is 3.18. The maximum atomic E-state index is 12.4. The van der Waals surface area contributed by atoms with Crippen LogP contribution in [0.4, 0.5) is 0 Å². The predicted octanol–water partition coefficient (Wildman–Crippen LogP) is 3.04. The molecule has 0 spiro atoms. The van der Waals surface area contributed by atoms with Crippen LogP contribution in [-0.4, -0.2) is 28.1 Å². The van der Waals surface area contributed by atoms with Crippen molar-refractivity contribution in [2.45, 2.75) is 26.8 Å². The zero-order valence-electron chi connectivity index (χ0n) is 14.9. The van der Waals surface area contributed by atoms with Gasteiger partial charge in [-0.25, -0.2) is 4.98 Å². The number of aryl methyl sites for hydroxylation is 1. The van der Waals surface area contributed by atoms with E-state index in [1.807, 2.05) is 12.1 Å². The third-order valence-electron chi connectivity index (χ3n) is 4.86. The summed E-state index contributed by atoms with van der Waals surface area (Å²) in [4.78, 5) is 21.9. The van der Waals surface area contributed by atoms with Crippen LogP contribution in [0.25, 0.3) is 11.6 Å². The van der Waals surface area contributed by atoms with Crippen LogP contribution in [0.2, 0.25) is 0 Å². The second-order valence-electron chi connectivity index (χ2n) is 6.59. The van der Waals surface area contributed by atoms with Gasteiger partial charge in [-0.3, -0.25) is 9.69 Å². The number of nitrogens with zero attached hydrogens (tertiary/aromatic N) is 2. The zero-order valence-corrected chi connectivity index (χ0v) is 14.9. The molecule has 1 aliphatic rings. The minimum atomic E-state index is -0.0866. The second kappa shape index (κ2) is 6.80. The first-order valence-corrected chi connectivity index (χ1v) is 8.69. The quantitative estimate of drug-likeness (QED) is 0.782. The number of ether oxygens (including phenoxy) is 1. The Morgan fingerprint density at radius 3 is 2.96 bits per heavy atom. The fraction of sp³-hybridized carbons (Fsp3) is 0.300. The van der Waals surface area contributed by atoms with Crippen molar-refractivity contribution in [3.63, 3.8) is 0 Å². The lowest BCUT2D eigenvalue weighted by atomic mass is 10.1. The van der Waals surface area contributed by atoms with Crippen molar-refractivity contribution in [3.8, 4) is 17.3 Å². The van der Waals surface area contributed by atoms with Gasteiger partial charge in [0, 0.05) is 18.7 Å². The number of H-pyrrole nitrogens is 1. The Kier molecular flexibility index (Phi) is 4.34. The molecule has 2 aromatic heterocycles. The molecule has 1 aromatic carbocycles. The first-order chi connectivity index (χ1) is 12.6. The summed E-state index contributed by atoms with van der Waals surface area (Å²) >= 11 is 0. The Labute approximate surface area is 151 Å². The lowest BCUT2D eigenvalue weighted by molar-refractivity contribution is 0.111. The molecule has 0 unspecified atom stereocenters. The van der Waals surface area contributed by atoms with Gasteiger partial charge in [-0.15, -0.1) is 0 Å². The van der Waals surface area contributed by atoms with E-state index >= 15 is 0 Å². The van der Waals surface area contributed by atoms with Gasteiger partial charge < -0.3 is 14.1 Å². The minimum absolute atomic E-state index is 0.0866. The molecule has 0 aliphatic carbocycles. The van der Waals surface area contributed by atoms with Gasteiger partial charge in [0.2, 0.25) is 0 Å². The summed E-state index contributed by atoms with van der Waals surface area (Å²) < 4.78 is 11.3. The maximum absolute atomic E-state index is 12.4. The highest BCUT2D eigenvalue weighted by atomic mass is 16.5. The molecule has 134 valence electrons. The lowest BCUT2D eigenvalue weighted by Gasteiger charge is -2.27. The van der Waals surface area contributed by atoms with Crippen molar-refractivity contribution in [1.29, 1.82) is 0 Å². The number of aromatic nitrogens is 2. The highest BCUT2D eigenvalue weighted by molar-refractivity contribution is 5.47. The van der Waals surface area contributed by atoms with Crippen molar-refractivity contribution in [1.82, 2.24) is 14.9 Å². The van der Waals surface area contributed by atoms with E-state index in [1.165, 1.54) is 5.56 Å². The summed E-state index contributed by atoms with van der Waals surface area (Å²) in [5, 5.41) is 0. The number of hydrogen-bond donors (Lipinski definition) is 1. The average molecular weight is 351 g/mol. The van der Waals surface area contributed by atoms with Gasteiger partial charge >= 0.3 is 0 Å². The predicted molar refractivity (Wildman–Crippen MR) is 98.1 cm³/mol. The Hall–Kier alpha value is -2.86. The summed E-state index contributed by atoms with van der Waals surface area (Å²) in [6.07, 6.45) is 2.23. The van der Waals surface area contributed by atoms with E-state index in [1.54, 1.807) is 18.4 Å². The molecule has 0 radical (unpaired) electrons. The van der Waals surface area contributed by atoms with Crippen LogP contribution in [0.5, 0.6) is 5.75 Å². The van der Waals surface area contributed by atoms with Crippen LogP contribution in [0, 0.1) is 13.8 Å². The molecule has 0 amide bonds. The highest BCUT2D eigenvalue weighted by Crippen LogP contribution is 2.22. The maximum Gasteiger partial charge on any atom is 0.254 e. The molecular formula is C20H21N3O3. The van der Waals surface area contributed by atoms with E-state index in [-0.39, 0.29) is 5.56 Å². The molecule has 0 atom stereocenters. The molecule has 6 nitrogen and oxygen atoms in total. The minimum Gasteiger partial charge on any atom is -0.478 e. The molecule has 4 rings (SSSR count). The topological polar surface area (TPSA) is 71.4 Å². The number of benzene rings is 1. The Balaban J connectivity index is 1.52. The Morgan fingerprint density at radius 1 is 1.27 bits per heavy atom. The lowest BCUT2D eigenvalue weighted by Crippen LogP contribution is -2.37. The molecular weight excluding hydrogens is 330 g/mol. The first kappa shape index (κ1) is 16.6. The average Bonchev–Trinajstić information content (AvgIpc) is 3.17. The third kappa shape index (κ3) is 3.15. The van der Waals surface area contributed by atoms with Crippen molar-refractivity contribution in [3.05, 3.63) is 69.3 Å². The molecule has 1 aliphatic heterocycles. The van der Waals surface area contributed by atoms with Crippen molar-refractivity contribution >= 4 is 0 Å². The van der Waals surface area contributed by atoms with Gasteiger partial charge in [0.05, 0.1) is 12.0 Å². The van der Waals surface area contributed by atoms with E-state index in [9.17, 15) is 4.79 Å². The van der Waals surface area contributed by atoms with Crippen LogP contribution >= 0.6 is 0 Å². The SMILES string of the molecule is Cc1cccc(OCN2CCc3c(nc(-c4ccco4)[nH]c3=O)C2)c1C. The molecule has 6 heteroatoms. The highest BCUT2D eigenvalue weighted by Gasteiger charge is 2.22. The number of hydrogen-bond acceptors (Lipinski definition) is 5. The van der Waals surface area contributed by atoms with E-state index < -0.39 is 0 Å². The van der Waals surface area contributed by atoms with Crippen LogP contribution in [0.15, 0.2) is 45.8 Å². The number of aromatic amines is 1. The van der Waals surface area contributed by atoms with E-state index in [0.29, 0.717) is 31.3 Å². The molecule has 0 saturated heterocycles. The first-order valence-electron chi connectivity index (χ1n) is 8.69. The standard InChI is InChI=1S/C20H21N3O3/c1-13-5-3-6-17(14(13)2)26-12-23-9-8-15-16(11-23)21-19(22-20(15)24)18-7-4-10-25-18/h3-7,10H,8-9,11-12H2,1-2H3,(H,21,22,24). The molecule has 1 N–H and O–H groups in total. The number of fused-ring (bicyclic) bond motifs is 1. The van der Waals surface area contributed by atoms with Crippen LogP contribution in [0.3, 0.4) is 0 Å². The number of nitrogens with one attached hydrogen (secondary N) is 1. The Morgan fingerprint density at radius 2 is 2.15 bits per heavy atom. The van der Waals surface area contributed by atoms with Gasteiger partial charge in [0.25, 0.3) is 5.56 Å². The molecule has 0 saturated carbocycles. The summed E-state index contributed by atoms with van der Waals surface area (Å²) in [6, 6.07) is 9.62. The molecule has 0 bridgehead atoms. The molecule has 26 heavy (non-hydrogen) atoms. The van der Waals surface area contributed by atoms with Crippen molar-refractivity contribution < 1.29 is 9.15 Å². The van der Waals surface area contributed by atoms with Crippen molar-refractivity contribution in [2.24, 2.45) is 0 Å². The van der Waals surface area contributed by atoms with Gasteiger partial charge in [-0.1, -0.05) is 12.1 Å². The van der Waals surface area contributed by atoms with E-state index in [2.05, 4.69) is 34.8 Å². The summed E-state index contributed by atoms with van der Waals surface area (Å²) in [5.74, 6) is 1.93. The normalized spacial score (nSPS) is 14.2. The third-order valence-corrected chi connectivity index (χ3v) is 4.86. The van der Waals surface area contributed by atoms with Crippen LogP contribution in [-0.2, 0) is 13.0 Å². The summed E-state index contributed by atoms with van der Waals surface area (Å²) in [7, 11) is 0. The monoisotopic (exact) mass is 351 g/mol. The van der Waals surface area contributed by atoms with E-state index in [0.717, 1.165) is 29.1 Å². The number of rotatable bonds is 4. The second-order valence-corrected chi connectivity index (χ2v) is 6.59. The van der Waals surface area contributed by atoms with Gasteiger partial charge in [0.15, 0.2) is 11.6 Å². The fourth-order valence-electron chi connectivity index (χ4n) is 3.18. The van der Waals surface area contributed by atoms with Crippen molar-refractivity contribution in [2.75, 3.05) is 13.3 Å². The smallest absolute Gasteiger partial charge is 0.254 e. The van der Waals surface area contributed by atoms with Gasteiger partial charge in [-0.05, 0) is 49.6 Å². The van der Waals surface area contributed by atoms with Crippen LogP contribution in [0.1, 0.15) is 22.4 Å².